The van der Waals surface area contributed by atoms with Gasteiger partial charge in [0.25, 0.3) is 0 Å². The topological polar surface area (TPSA) is 113 Å². The molecule has 7 nitrogen and oxygen atoms in total. The molecular formula is C13H16ClN3O4. The average molecular weight is 314 g/mol. The molecule has 0 spiro atoms. The van der Waals surface area contributed by atoms with E-state index in [1.165, 1.54) is 12.1 Å². The summed E-state index contributed by atoms with van der Waals surface area (Å²) in [6, 6.07) is 5.03. The molecule has 0 heterocycles. The fraction of sp³-hybridized carbons (Fsp3) is 0.308. The SMILES string of the molecule is CC(CC(N)=O)NC(=O)N(CC(=O)O)c1ccc(Cl)cc1. The van der Waals surface area contributed by atoms with Gasteiger partial charge in [0, 0.05) is 23.2 Å². The van der Waals surface area contributed by atoms with Crippen molar-refractivity contribution in [2.75, 3.05) is 11.4 Å². The third kappa shape index (κ3) is 5.70. The Bertz CT molecular complexity index is 533. The minimum absolute atomic E-state index is 0.0345. The monoisotopic (exact) mass is 313 g/mol. The van der Waals surface area contributed by atoms with E-state index < -0.39 is 30.5 Å². The van der Waals surface area contributed by atoms with E-state index in [2.05, 4.69) is 5.32 Å². The van der Waals surface area contributed by atoms with Crippen molar-refractivity contribution in [3.8, 4) is 0 Å². The summed E-state index contributed by atoms with van der Waals surface area (Å²) in [5, 5.41) is 11.9. The lowest BCUT2D eigenvalue weighted by Gasteiger charge is -2.23. The van der Waals surface area contributed by atoms with Crippen LogP contribution in [0.15, 0.2) is 24.3 Å². The molecule has 0 saturated carbocycles. The predicted molar refractivity (Wildman–Crippen MR) is 78.2 cm³/mol. The van der Waals surface area contributed by atoms with Gasteiger partial charge in [-0.05, 0) is 31.2 Å². The van der Waals surface area contributed by atoms with Crippen LogP contribution in [-0.4, -0.2) is 35.6 Å². The molecule has 3 amide bonds. The predicted octanol–water partition coefficient (Wildman–Crippen LogP) is 1.20. The fourth-order valence-corrected chi connectivity index (χ4v) is 1.80. The molecule has 21 heavy (non-hydrogen) atoms. The van der Waals surface area contributed by atoms with Crippen LogP contribution >= 0.6 is 11.6 Å². The van der Waals surface area contributed by atoms with Crippen molar-refractivity contribution in [1.29, 1.82) is 0 Å². The molecule has 0 radical (unpaired) electrons. The minimum Gasteiger partial charge on any atom is -0.480 e. The largest absolute Gasteiger partial charge is 0.480 e. The summed E-state index contributed by atoms with van der Waals surface area (Å²) in [5.74, 6) is -1.72. The Morgan fingerprint density at radius 1 is 1.33 bits per heavy atom. The Labute approximate surface area is 126 Å². The summed E-state index contributed by atoms with van der Waals surface area (Å²) in [6.45, 7) is 1.08. The van der Waals surface area contributed by atoms with Gasteiger partial charge in [-0.2, -0.15) is 0 Å². The molecule has 114 valence electrons. The zero-order valence-electron chi connectivity index (χ0n) is 11.4. The zero-order chi connectivity index (χ0) is 16.0. The van der Waals surface area contributed by atoms with Crippen LogP contribution in [0.1, 0.15) is 13.3 Å². The number of carbonyl (C=O) groups excluding carboxylic acids is 2. The van der Waals surface area contributed by atoms with Crippen molar-refractivity contribution in [3.63, 3.8) is 0 Å². The van der Waals surface area contributed by atoms with Crippen molar-refractivity contribution >= 4 is 35.2 Å². The highest BCUT2D eigenvalue weighted by molar-refractivity contribution is 6.30. The van der Waals surface area contributed by atoms with E-state index in [1.807, 2.05) is 0 Å². The third-order valence-electron chi connectivity index (χ3n) is 2.55. The van der Waals surface area contributed by atoms with Crippen LogP contribution in [0.2, 0.25) is 5.02 Å². The fourth-order valence-electron chi connectivity index (χ4n) is 1.68. The van der Waals surface area contributed by atoms with E-state index in [0.29, 0.717) is 10.7 Å². The van der Waals surface area contributed by atoms with Gasteiger partial charge in [0.15, 0.2) is 0 Å². The first-order valence-corrected chi connectivity index (χ1v) is 6.51. The second-order valence-electron chi connectivity index (χ2n) is 4.48. The molecule has 0 fully saturated rings. The lowest BCUT2D eigenvalue weighted by atomic mass is 10.2. The average Bonchev–Trinajstić information content (AvgIpc) is 2.35. The first kappa shape index (κ1) is 16.8. The van der Waals surface area contributed by atoms with E-state index >= 15 is 0 Å². The lowest BCUT2D eigenvalue weighted by Crippen LogP contribution is -2.47. The Morgan fingerprint density at radius 3 is 2.38 bits per heavy atom. The molecule has 0 bridgehead atoms. The highest BCUT2D eigenvalue weighted by Crippen LogP contribution is 2.18. The summed E-state index contributed by atoms with van der Waals surface area (Å²) in [7, 11) is 0. The van der Waals surface area contributed by atoms with Crippen LogP contribution in [-0.2, 0) is 9.59 Å². The maximum atomic E-state index is 12.1. The molecule has 1 aromatic carbocycles. The number of nitrogens with zero attached hydrogens (tertiary/aromatic N) is 1. The van der Waals surface area contributed by atoms with Gasteiger partial charge in [-0.3, -0.25) is 14.5 Å². The van der Waals surface area contributed by atoms with Crippen molar-refractivity contribution in [3.05, 3.63) is 29.3 Å². The number of nitrogens with one attached hydrogen (secondary N) is 1. The maximum absolute atomic E-state index is 12.1. The molecule has 4 N–H and O–H groups in total. The molecule has 0 aliphatic rings. The van der Waals surface area contributed by atoms with Crippen LogP contribution in [0.4, 0.5) is 10.5 Å². The number of amides is 3. The van der Waals surface area contributed by atoms with Gasteiger partial charge >= 0.3 is 12.0 Å². The minimum atomic E-state index is -1.16. The summed E-state index contributed by atoms with van der Waals surface area (Å²) in [5.41, 5.74) is 5.42. The number of anilines is 1. The van der Waals surface area contributed by atoms with Gasteiger partial charge in [-0.15, -0.1) is 0 Å². The van der Waals surface area contributed by atoms with Crippen LogP contribution in [0.3, 0.4) is 0 Å². The summed E-state index contributed by atoms with van der Waals surface area (Å²) < 4.78 is 0. The first-order chi connectivity index (χ1) is 9.79. The van der Waals surface area contributed by atoms with Gasteiger partial charge in [0.05, 0.1) is 0 Å². The smallest absolute Gasteiger partial charge is 0.323 e. The maximum Gasteiger partial charge on any atom is 0.323 e. The number of primary amides is 1. The van der Waals surface area contributed by atoms with E-state index in [1.54, 1.807) is 19.1 Å². The number of nitrogens with two attached hydrogens (primary N) is 1. The summed E-state index contributed by atoms with van der Waals surface area (Å²) >= 11 is 5.76. The number of hydrogen-bond acceptors (Lipinski definition) is 3. The Hall–Kier alpha value is -2.28. The van der Waals surface area contributed by atoms with Crippen LogP contribution < -0.4 is 16.0 Å². The second kappa shape index (κ2) is 7.49. The van der Waals surface area contributed by atoms with Gasteiger partial charge in [-0.25, -0.2) is 4.79 Å². The number of rotatable bonds is 6. The molecule has 8 heteroatoms. The van der Waals surface area contributed by atoms with Crippen molar-refractivity contribution in [1.82, 2.24) is 5.32 Å². The molecule has 1 atom stereocenters. The summed E-state index contributed by atoms with van der Waals surface area (Å²) in [6.07, 6.45) is -0.0345. The van der Waals surface area contributed by atoms with E-state index in [9.17, 15) is 14.4 Å². The van der Waals surface area contributed by atoms with Crippen molar-refractivity contribution in [2.24, 2.45) is 5.73 Å². The number of hydrogen-bond donors (Lipinski definition) is 3. The molecule has 1 rings (SSSR count). The van der Waals surface area contributed by atoms with Crippen LogP contribution in [0, 0.1) is 0 Å². The standard InChI is InChI=1S/C13H16ClN3O4/c1-8(6-11(15)18)16-13(21)17(7-12(19)20)10-4-2-9(14)3-5-10/h2-5,8H,6-7H2,1H3,(H2,15,18)(H,16,21)(H,19,20). The van der Waals surface area contributed by atoms with E-state index in [0.717, 1.165) is 4.90 Å². The summed E-state index contributed by atoms with van der Waals surface area (Å²) in [4.78, 5) is 34.9. The Kier molecular flexibility index (Phi) is 5.98. The Morgan fingerprint density at radius 2 is 1.90 bits per heavy atom. The number of urea groups is 1. The van der Waals surface area contributed by atoms with Gasteiger partial charge in [-0.1, -0.05) is 11.6 Å². The highest BCUT2D eigenvalue weighted by atomic mass is 35.5. The van der Waals surface area contributed by atoms with E-state index in [4.69, 9.17) is 22.4 Å². The normalized spacial score (nSPS) is 11.5. The van der Waals surface area contributed by atoms with E-state index in [-0.39, 0.29) is 6.42 Å². The first-order valence-electron chi connectivity index (χ1n) is 6.13. The number of carbonyl (C=O) groups is 3. The number of carboxylic acid groups (broad SMARTS) is 1. The van der Waals surface area contributed by atoms with Crippen molar-refractivity contribution < 1.29 is 19.5 Å². The number of halogens is 1. The molecular weight excluding hydrogens is 298 g/mol. The molecule has 0 saturated heterocycles. The highest BCUT2D eigenvalue weighted by Gasteiger charge is 2.20. The molecule has 0 aromatic heterocycles. The second-order valence-corrected chi connectivity index (χ2v) is 4.91. The number of benzene rings is 1. The molecule has 1 aromatic rings. The van der Waals surface area contributed by atoms with Gasteiger partial charge in [0.1, 0.15) is 6.54 Å². The Balaban J connectivity index is 2.86. The van der Waals surface area contributed by atoms with Gasteiger partial charge < -0.3 is 16.2 Å². The molecule has 0 aliphatic carbocycles. The molecule has 0 aliphatic heterocycles. The number of carboxylic acids is 1. The lowest BCUT2D eigenvalue weighted by molar-refractivity contribution is -0.135. The van der Waals surface area contributed by atoms with Crippen LogP contribution in [0.25, 0.3) is 0 Å². The van der Waals surface area contributed by atoms with Crippen molar-refractivity contribution in [2.45, 2.75) is 19.4 Å². The molecule has 1 unspecified atom stereocenters. The van der Waals surface area contributed by atoms with Crippen LogP contribution in [0.5, 0.6) is 0 Å². The zero-order valence-corrected chi connectivity index (χ0v) is 12.1. The quantitative estimate of drug-likeness (QED) is 0.732. The number of aliphatic carboxylic acids is 1. The third-order valence-corrected chi connectivity index (χ3v) is 2.81. The van der Waals surface area contributed by atoms with Gasteiger partial charge in [0.2, 0.25) is 5.91 Å².